The van der Waals surface area contributed by atoms with E-state index in [4.69, 9.17) is 12.3 Å². The van der Waals surface area contributed by atoms with Crippen LogP contribution in [0.15, 0.2) is 0 Å². The van der Waals surface area contributed by atoms with E-state index in [0.29, 0.717) is 17.8 Å². The lowest BCUT2D eigenvalue weighted by molar-refractivity contribution is 0.192. The molecule has 1 saturated heterocycles. The second-order valence-corrected chi connectivity index (χ2v) is 23.2. The van der Waals surface area contributed by atoms with Crippen molar-refractivity contribution in [3.63, 3.8) is 0 Å². The summed E-state index contributed by atoms with van der Waals surface area (Å²) >= 11 is 0. The zero-order valence-electron chi connectivity index (χ0n) is 26.2. The van der Waals surface area contributed by atoms with Crippen molar-refractivity contribution < 1.29 is 12.3 Å². The van der Waals surface area contributed by atoms with Gasteiger partial charge in [0.25, 0.3) is 0 Å². The van der Waals surface area contributed by atoms with Crippen molar-refractivity contribution in [1.82, 2.24) is 0 Å². The van der Waals surface area contributed by atoms with Crippen molar-refractivity contribution in [2.24, 2.45) is 17.8 Å². The zero-order chi connectivity index (χ0) is 27.1. The lowest BCUT2D eigenvalue weighted by Crippen LogP contribution is -2.71. The molecule has 1 fully saturated rings. The summed E-state index contributed by atoms with van der Waals surface area (Å²) in [5.74, 6) is 2.02. The molecule has 6 heteroatoms. The van der Waals surface area contributed by atoms with E-state index < -0.39 is 25.7 Å². The Bertz CT molecular complexity index is 477. The Labute approximate surface area is 231 Å². The van der Waals surface area contributed by atoms with E-state index in [2.05, 4.69) is 62.3 Å². The Morgan fingerprint density at radius 2 is 0.667 bits per heavy atom. The fraction of sp³-hybridized carbons (Fsp3) is 1.00. The van der Waals surface area contributed by atoms with Gasteiger partial charge < -0.3 is 12.3 Å². The fourth-order valence-corrected chi connectivity index (χ4v) is 27.1. The maximum absolute atomic E-state index is 7.64. The van der Waals surface area contributed by atoms with E-state index in [-0.39, 0.29) is 0 Å². The Hall–Kier alpha value is 0.531. The number of unbranched alkanes of at least 4 members (excludes halogenated alkanes) is 6. The highest BCUT2D eigenvalue weighted by Gasteiger charge is 2.61. The first kappa shape index (κ1) is 34.6. The molecule has 0 aromatic heterocycles. The molecule has 3 nitrogen and oxygen atoms in total. The number of rotatable bonds is 21. The van der Waals surface area contributed by atoms with Crippen LogP contribution in [-0.2, 0) is 12.3 Å². The molecule has 3 atom stereocenters. The molecule has 216 valence electrons. The van der Waals surface area contributed by atoms with Crippen molar-refractivity contribution in [2.45, 2.75) is 176 Å². The summed E-state index contributed by atoms with van der Waals surface area (Å²) < 4.78 is 22.9. The van der Waals surface area contributed by atoms with Gasteiger partial charge in [-0.3, -0.25) is 0 Å². The summed E-state index contributed by atoms with van der Waals surface area (Å²) in [5.41, 5.74) is 0. The monoisotopic (exact) mass is 558 g/mol. The third kappa shape index (κ3) is 11.7. The van der Waals surface area contributed by atoms with Gasteiger partial charge in [-0.15, -0.1) is 0 Å². The zero-order valence-corrected chi connectivity index (χ0v) is 29.2. The summed E-state index contributed by atoms with van der Waals surface area (Å²) in [6.45, 7) is 21.4. The Morgan fingerprint density at radius 3 is 0.861 bits per heavy atom. The van der Waals surface area contributed by atoms with Crippen LogP contribution in [-0.4, -0.2) is 25.7 Å². The molecule has 1 rings (SSSR count). The van der Waals surface area contributed by atoms with Gasteiger partial charge in [-0.05, 0) is 54.0 Å². The molecule has 0 aromatic rings. The first-order valence-electron chi connectivity index (χ1n) is 16.3. The largest absolute Gasteiger partial charge is 0.415 e. The molecule has 0 N–H and O–H groups in total. The van der Waals surface area contributed by atoms with E-state index in [1.165, 1.54) is 113 Å². The molecular weight excluding hydrogens is 493 g/mol. The number of hydrogen-bond donors (Lipinski definition) is 0. The Balaban J connectivity index is 3.62. The van der Waals surface area contributed by atoms with E-state index in [0.717, 1.165) is 0 Å². The van der Waals surface area contributed by atoms with Crippen LogP contribution in [0.25, 0.3) is 0 Å². The van der Waals surface area contributed by atoms with Crippen LogP contribution in [0, 0.1) is 17.8 Å². The highest BCUT2D eigenvalue weighted by molar-refractivity contribution is 6.94. The van der Waals surface area contributed by atoms with Gasteiger partial charge in [0.2, 0.25) is 0 Å². The predicted molar refractivity (Wildman–Crippen MR) is 166 cm³/mol. The van der Waals surface area contributed by atoms with Crippen molar-refractivity contribution >= 4 is 25.7 Å². The van der Waals surface area contributed by atoms with Crippen LogP contribution in [0.2, 0.25) is 36.3 Å². The highest BCUT2D eigenvalue weighted by atomic mass is 28.5. The molecule has 0 aromatic carbocycles. The minimum atomic E-state index is -2.36. The standard InChI is InChI=1S/C30H66O3Si3/c1-10-16-19-22-34(25-28(7)13-4)31-35(23-20-17-11-2,26-29(8)14-5)33-36(32-34,24-21-18-12-3)27-30(9)15-6/h28-30H,10-27H2,1-9H3/t28-,29-,30-,34?,35?,36?/m0/s1. The maximum atomic E-state index is 7.64. The number of hydrogen-bond acceptors (Lipinski definition) is 3. The third-order valence-electron chi connectivity index (χ3n) is 8.67. The molecular formula is C30H66O3Si3. The van der Waals surface area contributed by atoms with Gasteiger partial charge in [0.1, 0.15) is 0 Å². The summed E-state index contributed by atoms with van der Waals surface area (Å²) in [6.07, 6.45) is 15.2. The molecule has 0 amide bonds. The summed E-state index contributed by atoms with van der Waals surface area (Å²) in [6, 6.07) is 7.13. The Kier molecular flexibility index (Phi) is 17.3. The fourth-order valence-electron chi connectivity index (χ4n) is 5.90. The van der Waals surface area contributed by atoms with E-state index in [1.54, 1.807) is 0 Å². The van der Waals surface area contributed by atoms with Crippen molar-refractivity contribution in [3.8, 4) is 0 Å². The second-order valence-electron chi connectivity index (χ2n) is 12.6. The van der Waals surface area contributed by atoms with Gasteiger partial charge in [0.05, 0.1) is 0 Å². The van der Waals surface area contributed by atoms with Gasteiger partial charge in [-0.25, -0.2) is 0 Å². The average Bonchev–Trinajstić information content (AvgIpc) is 2.84. The third-order valence-corrected chi connectivity index (χ3v) is 24.9. The molecule has 36 heavy (non-hydrogen) atoms. The molecule has 1 aliphatic rings. The first-order chi connectivity index (χ1) is 17.2. The van der Waals surface area contributed by atoms with Gasteiger partial charge in [-0.1, -0.05) is 139 Å². The quantitative estimate of drug-likeness (QED) is 0.103. The van der Waals surface area contributed by atoms with Crippen molar-refractivity contribution in [1.29, 1.82) is 0 Å². The van der Waals surface area contributed by atoms with Crippen molar-refractivity contribution in [3.05, 3.63) is 0 Å². The van der Waals surface area contributed by atoms with Gasteiger partial charge in [0, 0.05) is 0 Å². The van der Waals surface area contributed by atoms with Crippen LogP contribution < -0.4 is 0 Å². The van der Waals surface area contributed by atoms with Crippen LogP contribution in [0.1, 0.15) is 139 Å². The highest BCUT2D eigenvalue weighted by Crippen LogP contribution is 2.47. The molecule has 1 aliphatic heterocycles. The van der Waals surface area contributed by atoms with Gasteiger partial charge in [0.15, 0.2) is 0 Å². The lowest BCUT2D eigenvalue weighted by atomic mass is 10.2. The average molecular weight is 559 g/mol. The summed E-state index contributed by atoms with van der Waals surface area (Å²) in [4.78, 5) is 0. The topological polar surface area (TPSA) is 27.7 Å². The smallest absolute Gasteiger partial charge is 0.320 e. The minimum absolute atomic E-state index is 0.674. The normalized spacial score (nSPS) is 29.2. The van der Waals surface area contributed by atoms with Crippen LogP contribution in [0.5, 0.6) is 0 Å². The van der Waals surface area contributed by atoms with Crippen molar-refractivity contribution in [2.75, 3.05) is 0 Å². The first-order valence-corrected chi connectivity index (χ1v) is 23.0. The lowest BCUT2D eigenvalue weighted by Gasteiger charge is -2.55. The molecule has 1 heterocycles. The summed E-state index contributed by atoms with van der Waals surface area (Å²) in [5, 5.41) is 0. The Morgan fingerprint density at radius 1 is 0.417 bits per heavy atom. The molecule has 0 radical (unpaired) electrons. The van der Waals surface area contributed by atoms with Gasteiger partial charge in [-0.2, -0.15) is 0 Å². The van der Waals surface area contributed by atoms with Crippen LogP contribution in [0.4, 0.5) is 0 Å². The SMILES string of the molecule is CCCCC[Si]1(C[C@@H](C)CC)O[Si](CCCCC)(C[C@@H](C)CC)O[Si](CCCCC)(C[C@@H](C)CC)O1. The van der Waals surface area contributed by atoms with E-state index in [9.17, 15) is 0 Å². The van der Waals surface area contributed by atoms with E-state index >= 15 is 0 Å². The van der Waals surface area contributed by atoms with Crippen LogP contribution >= 0.6 is 0 Å². The molecule has 0 spiro atoms. The van der Waals surface area contributed by atoms with E-state index in [1.807, 2.05) is 0 Å². The molecule has 0 unspecified atom stereocenters. The van der Waals surface area contributed by atoms with Gasteiger partial charge >= 0.3 is 25.7 Å². The molecule has 0 aliphatic carbocycles. The summed E-state index contributed by atoms with van der Waals surface area (Å²) in [7, 11) is -7.07. The molecule has 0 bridgehead atoms. The van der Waals surface area contributed by atoms with Crippen LogP contribution in [0.3, 0.4) is 0 Å². The molecule has 0 saturated carbocycles. The minimum Gasteiger partial charge on any atom is -0.415 e. The maximum Gasteiger partial charge on any atom is 0.320 e. The second kappa shape index (κ2) is 18.0. The predicted octanol–water partition coefficient (Wildman–Crippen LogP) is 11.1.